The van der Waals surface area contributed by atoms with Gasteiger partial charge >= 0.3 is 6.18 Å². The highest BCUT2D eigenvalue weighted by atomic mass is 32.1. The highest BCUT2D eigenvalue weighted by Crippen LogP contribution is 2.50. The predicted molar refractivity (Wildman–Crippen MR) is 105 cm³/mol. The van der Waals surface area contributed by atoms with Gasteiger partial charge in [0, 0.05) is 24.4 Å². The second-order valence-electron chi connectivity index (χ2n) is 9.31. The van der Waals surface area contributed by atoms with Gasteiger partial charge in [-0.2, -0.15) is 26.7 Å². The standard InChI is InChI=1S/C21H26F3NO2.H2S/c1-19(27)10-16(11-19)18(26)25-12-20(13-25)6-5-15(9-20)7-14-3-2-4-17(8-14)21(22,23)24;/h2-4,8,15-16,27H,5-7,9-13H2,1H3;1H2/t15-,16?,19?;/m0./s1. The Bertz CT molecular complexity index is 735. The van der Waals surface area contributed by atoms with Crippen molar-refractivity contribution >= 4 is 19.4 Å². The fourth-order valence-electron chi connectivity index (χ4n) is 5.35. The average Bonchev–Trinajstić information content (AvgIpc) is 2.94. The smallest absolute Gasteiger partial charge is 0.390 e. The molecule has 1 saturated heterocycles. The minimum atomic E-state index is -4.30. The molecular formula is C21H28F3NO2S. The molecule has 1 aromatic rings. The molecule has 0 bridgehead atoms. The largest absolute Gasteiger partial charge is 0.416 e. The molecule has 2 aliphatic carbocycles. The Kier molecular flexibility index (Phi) is 5.56. The van der Waals surface area contributed by atoms with Crippen LogP contribution in [0.25, 0.3) is 0 Å². The summed E-state index contributed by atoms with van der Waals surface area (Å²) in [5, 5.41) is 9.81. The van der Waals surface area contributed by atoms with E-state index in [4.69, 9.17) is 0 Å². The second kappa shape index (κ2) is 7.24. The van der Waals surface area contributed by atoms with Gasteiger partial charge in [0.25, 0.3) is 0 Å². The van der Waals surface area contributed by atoms with Gasteiger partial charge in [0.1, 0.15) is 0 Å². The maximum Gasteiger partial charge on any atom is 0.416 e. The summed E-state index contributed by atoms with van der Waals surface area (Å²) in [5.41, 5.74) is -0.360. The highest BCUT2D eigenvalue weighted by molar-refractivity contribution is 7.59. The Labute approximate surface area is 170 Å². The predicted octanol–water partition coefficient (Wildman–Crippen LogP) is 4.15. The fraction of sp³-hybridized carbons (Fsp3) is 0.667. The van der Waals surface area contributed by atoms with Crippen LogP contribution in [-0.4, -0.2) is 34.6 Å². The first-order chi connectivity index (χ1) is 12.6. The van der Waals surface area contributed by atoms with Gasteiger partial charge in [0.05, 0.1) is 11.2 Å². The second-order valence-corrected chi connectivity index (χ2v) is 9.31. The molecule has 1 aliphatic heterocycles. The Morgan fingerprint density at radius 3 is 2.54 bits per heavy atom. The first kappa shape index (κ1) is 21.5. The van der Waals surface area contributed by atoms with E-state index < -0.39 is 17.3 Å². The summed E-state index contributed by atoms with van der Waals surface area (Å²) in [6, 6.07) is 5.65. The number of hydrogen-bond acceptors (Lipinski definition) is 2. The van der Waals surface area contributed by atoms with Gasteiger partial charge in [-0.05, 0) is 63.0 Å². The molecule has 0 unspecified atom stereocenters. The number of carbonyl (C=O) groups is 1. The van der Waals surface area contributed by atoms with E-state index in [1.54, 1.807) is 13.0 Å². The summed E-state index contributed by atoms with van der Waals surface area (Å²) in [7, 11) is 0. The van der Waals surface area contributed by atoms with Crippen molar-refractivity contribution in [1.82, 2.24) is 4.90 Å². The zero-order chi connectivity index (χ0) is 19.4. The van der Waals surface area contributed by atoms with Crippen molar-refractivity contribution < 1.29 is 23.1 Å². The number of halogens is 3. The summed E-state index contributed by atoms with van der Waals surface area (Å²) < 4.78 is 38.6. The van der Waals surface area contributed by atoms with Crippen LogP contribution < -0.4 is 0 Å². The van der Waals surface area contributed by atoms with Gasteiger partial charge in [0.2, 0.25) is 5.91 Å². The van der Waals surface area contributed by atoms with Crippen LogP contribution >= 0.6 is 13.5 Å². The van der Waals surface area contributed by atoms with Gasteiger partial charge in [-0.15, -0.1) is 0 Å². The highest BCUT2D eigenvalue weighted by Gasteiger charge is 2.52. The molecule has 156 valence electrons. The lowest BCUT2D eigenvalue weighted by molar-refractivity contribution is -0.161. The maximum atomic E-state index is 12.9. The van der Waals surface area contributed by atoms with Crippen LogP contribution in [0.3, 0.4) is 0 Å². The molecule has 3 fully saturated rings. The first-order valence-corrected chi connectivity index (χ1v) is 9.73. The third kappa shape index (κ3) is 4.20. The Morgan fingerprint density at radius 1 is 1.25 bits per heavy atom. The molecule has 1 aromatic carbocycles. The lowest BCUT2D eigenvalue weighted by atomic mass is 9.69. The van der Waals surface area contributed by atoms with Crippen LogP contribution in [0.2, 0.25) is 0 Å². The van der Waals surface area contributed by atoms with Gasteiger partial charge in [0.15, 0.2) is 0 Å². The van der Waals surface area contributed by atoms with E-state index in [-0.39, 0.29) is 30.7 Å². The summed E-state index contributed by atoms with van der Waals surface area (Å²) in [6.45, 7) is 3.30. The van der Waals surface area contributed by atoms with Gasteiger partial charge in [-0.25, -0.2) is 0 Å². The van der Waals surface area contributed by atoms with E-state index in [0.717, 1.165) is 44.0 Å². The topological polar surface area (TPSA) is 40.5 Å². The van der Waals surface area contributed by atoms with E-state index >= 15 is 0 Å². The molecule has 1 N–H and O–H groups in total. The van der Waals surface area contributed by atoms with E-state index in [9.17, 15) is 23.1 Å². The lowest BCUT2D eigenvalue weighted by Crippen LogP contribution is -2.61. The van der Waals surface area contributed by atoms with E-state index in [1.807, 2.05) is 4.90 Å². The number of alkyl halides is 3. The summed E-state index contributed by atoms with van der Waals surface area (Å²) in [4.78, 5) is 14.4. The van der Waals surface area contributed by atoms with Crippen molar-refractivity contribution in [3.63, 3.8) is 0 Å². The molecular weight excluding hydrogens is 387 g/mol. The molecule has 7 heteroatoms. The van der Waals surface area contributed by atoms with Gasteiger partial charge < -0.3 is 10.0 Å². The zero-order valence-corrected chi connectivity index (χ0v) is 17.1. The number of hydrogen-bond donors (Lipinski definition) is 1. The van der Waals surface area contributed by atoms with Crippen LogP contribution in [0.1, 0.15) is 50.2 Å². The number of benzene rings is 1. The fourth-order valence-corrected chi connectivity index (χ4v) is 5.35. The number of amides is 1. The minimum Gasteiger partial charge on any atom is -0.390 e. The van der Waals surface area contributed by atoms with Crippen LogP contribution in [0.4, 0.5) is 13.2 Å². The van der Waals surface area contributed by atoms with Crippen LogP contribution in [0.5, 0.6) is 0 Å². The molecule has 1 heterocycles. The zero-order valence-electron chi connectivity index (χ0n) is 16.1. The molecule has 28 heavy (non-hydrogen) atoms. The van der Waals surface area contributed by atoms with Crippen molar-refractivity contribution in [2.24, 2.45) is 17.3 Å². The Balaban J connectivity index is 0.00000225. The Hall–Kier alpha value is -1.21. The van der Waals surface area contributed by atoms with Crippen molar-refractivity contribution in [3.8, 4) is 0 Å². The maximum absolute atomic E-state index is 12.9. The molecule has 3 aliphatic rings. The molecule has 2 saturated carbocycles. The SMILES string of the molecule is CC1(O)CC(C(=O)N2CC3(CC[C@@H](Cc4cccc(C(F)(F)F)c4)C3)C2)C1.S. The number of carbonyl (C=O) groups excluding carboxylic acids is 1. The van der Waals surface area contributed by atoms with Crippen LogP contribution in [0.15, 0.2) is 24.3 Å². The summed E-state index contributed by atoms with van der Waals surface area (Å²) >= 11 is 0. The number of rotatable bonds is 3. The molecule has 1 atom stereocenters. The molecule has 1 amide bonds. The minimum absolute atomic E-state index is 0. The number of nitrogens with zero attached hydrogens (tertiary/aromatic N) is 1. The van der Waals surface area contributed by atoms with Crippen molar-refractivity contribution in [2.75, 3.05) is 13.1 Å². The quantitative estimate of drug-likeness (QED) is 0.806. The van der Waals surface area contributed by atoms with Crippen LogP contribution in [-0.2, 0) is 17.4 Å². The number of aliphatic hydroxyl groups is 1. The molecule has 3 nitrogen and oxygen atoms in total. The van der Waals surface area contributed by atoms with E-state index in [1.165, 1.54) is 12.1 Å². The van der Waals surface area contributed by atoms with Crippen molar-refractivity contribution in [3.05, 3.63) is 35.4 Å². The summed E-state index contributed by atoms with van der Waals surface area (Å²) in [6.07, 6.45) is 0.509. The van der Waals surface area contributed by atoms with Crippen molar-refractivity contribution in [2.45, 2.75) is 57.2 Å². The molecule has 0 radical (unpaired) electrons. The van der Waals surface area contributed by atoms with Crippen molar-refractivity contribution in [1.29, 1.82) is 0 Å². The number of likely N-dealkylation sites (tertiary alicyclic amines) is 1. The third-order valence-corrected chi connectivity index (χ3v) is 6.67. The van der Waals surface area contributed by atoms with Gasteiger partial charge in [-0.3, -0.25) is 4.79 Å². The average molecular weight is 416 g/mol. The molecule has 1 spiro atoms. The normalized spacial score (nSPS) is 31.1. The summed E-state index contributed by atoms with van der Waals surface area (Å²) in [5.74, 6) is 0.503. The van der Waals surface area contributed by atoms with Crippen LogP contribution in [0, 0.1) is 17.3 Å². The monoisotopic (exact) mass is 415 g/mol. The third-order valence-electron chi connectivity index (χ3n) is 6.67. The Morgan fingerprint density at radius 2 is 1.93 bits per heavy atom. The molecule has 0 aromatic heterocycles. The van der Waals surface area contributed by atoms with Gasteiger partial charge in [-0.1, -0.05) is 18.2 Å². The molecule has 4 rings (SSSR count). The lowest BCUT2D eigenvalue weighted by Gasteiger charge is -2.52. The first-order valence-electron chi connectivity index (χ1n) is 9.73. The van der Waals surface area contributed by atoms with E-state index in [0.29, 0.717) is 25.2 Å². The van der Waals surface area contributed by atoms with E-state index in [2.05, 4.69) is 0 Å².